The summed E-state index contributed by atoms with van der Waals surface area (Å²) in [6, 6.07) is 9.55. The maximum absolute atomic E-state index is 13.1. The summed E-state index contributed by atoms with van der Waals surface area (Å²) in [6.07, 6.45) is 1.51. The van der Waals surface area contributed by atoms with E-state index in [4.69, 9.17) is 0 Å². The molecule has 0 aliphatic carbocycles. The van der Waals surface area contributed by atoms with Crippen LogP contribution in [-0.2, 0) is 15.1 Å². The van der Waals surface area contributed by atoms with Crippen molar-refractivity contribution in [1.82, 2.24) is 15.2 Å². The van der Waals surface area contributed by atoms with Crippen LogP contribution < -0.4 is 10.6 Å². The molecule has 1 fully saturated rings. The lowest BCUT2D eigenvalue weighted by Gasteiger charge is -2.22. The van der Waals surface area contributed by atoms with Crippen molar-refractivity contribution in [2.24, 2.45) is 0 Å². The number of amides is 4. The summed E-state index contributed by atoms with van der Waals surface area (Å²) >= 11 is 0. The van der Waals surface area contributed by atoms with Gasteiger partial charge in [-0.05, 0) is 36.8 Å². The maximum Gasteiger partial charge on any atom is 0.325 e. The van der Waals surface area contributed by atoms with Crippen LogP contribution in [0.4, 0.5) is 15.0 Å². The van der Waals surface area contributed by atoms with E-state index in [1.807, 2.05) is 0 Å². The number of hydrogen-bond acceptors (Lipinski definition) is 4. The monoisotopic (exact) mass is 342 g/mol. The second-order valence-electron chi connectivity index (χ2n) is 5.72. The highest BCUT2D eigenvalue weighted by atomic mass is 19.1. The SMILES string of the molecule is C[C@]1(c2ccc(F)cc2)NC(=O)N(CC(=O)Nc2ccccn2)C1=O. The molecular formula is C17H15FN4O3. The molecule has 2 heterocycles. The van der Waals surface area contributed by atoms with Gasteiger partial charge in [-0.2, -0.15) is 0 Å². The predicted molar refractivity (Wildman–Crippen MR) is 86.9 cm³/mol. The van der Waals surface area contributed by atoms with Crippen molar-refractivity contribution in [3.8, 4) is 0 Å². The van der Waals surface area contributed by atoms with Crippen LogP contribution in [0.2, 0.25) is 0 Å². The number of halogens is 1. The zero-order valence-corrected chi connectivity index (χ0v) is 13.3. The number of aromatic nitrogens is 1. The second-order valence-corrected chi connectivity index (χ2v) is 5.72. The predicted octanol–water partition coefficient (Wildman–Crippen LogP) is 1.63. The van der Waals surface area contributed by atoms with Crippen LogP contribution >= 0.6 is 0 Å². The molecule has 7 nitrogen and oxygen atoms in total. The van der Waals surface area contributed by atoms with Crippen LogP contribution in [-0.4, -0.2) is 34.3 Å². The van der Waals surface area contributed by atoms with Crippen LogP contribution in [0.1, 0.15) is 12.5 Å². The Hall–Kier alpha value is -3.29. The number of benzene rings is 1. The molecule has 0 bridgehead atoms. The molecule has 0 radical (unpaired) electrons. The number of pyridine rings is 1. The van der Waals surface area contributed by atoms with Crippen LogP contribution in [0.5, 0.6) is 0 Å². The van der Waals surface area contributed by atoms with Gasteiger partial charge in [0.15, 0.2) is 0 Å². The minimum Gasteiger partial charge on any atom is -0.319 e. The van der Waals surface area contributed by atoms with Gasteiger partial charge in [0.2, 0.25) is 5.91 Å². The minimum absolute atomic E-state index is 0.320. The number of carbonyl (C=O) groups excluding carboxylic acids is 3. The topological polar surface area (TPSA) is 91.4 Å². The first-order valence-corrected chi connectivity index (χ1v) is 7.51. The van der Waals surface area contributed by atoms with Gasteiger partial charge in [-0.1, -0.05) is 18.2 Å². The number of hydrogen-bond donors (Lipinski definition) is 2. The zero-order chi connectivity index (χ0) is 18.0. The molecule has 0 saturated carbocycles. The van der Waals surface area contributed by atoms with Gasteiger partial charge in [0.25, 0.3) is 5.91 Å². The number of rotatable bonds is 4. The van der Waals surface area contributed by atoms with E-state index >= 15 is 0 Å². The summed E-state index contributed by atoms with van der Waals surface area (Å²) in [6.45, 7) is 1.06. The first-order chi connectivity index (χ1) is 11.9. The summed E-state index contributed by atoms with van der Waals surface area (Å²) in [5, 5.41) is 5.07. The van der Waals surface area contributed by atoms with E-state index in [-0.39, 0.29) is 0 Å². The molecule has 1 aromatic heterocycles. The number of nitrogens with zero attached hydrogens (tertiary/aromatic N) is 2. The Kier molecular flexibility index (Phi) is 4.18. The zero-order valence-electron chi connectivity index (χ0n) is 13.3. The standard InChI is InChI=1S/C17H15FN4O3/c1-17(11-5-7-12(18)8-6-11)15(24)22(16(25)21-17)10-14(23)20-13-4-2-3-9-19-13/h2-9H,10H2,1H3,(H,21,25)(H,19,20,23)/t17-/m1/s1. The molecule has 8 heteroatoms. The molecule has 2 N–H and O–H groups in total. The largest absolute Gasteiger partial charge is 0.325 e. The molecule has 3 rings (SSSR count). The average molecular weight is 342 g/mol. The molecule has 0 spiro atoms. The van der Waals surface area contributed by atoms with Crippen molar-refractivity contribution < 1.29 is 18.8 Å². The Morgan fingerprint density at radius 2 is 1.96 bits per heavy atom. The number of nitrogens with one attached hydrogen (secondary N) is 2. The van der Waals surface area contributed by atoms with Crippen LogP contribution in [0.15, 0.2) is 48.7 Å². The first-order valence-electron chi connectivity index (χ1n) is 7.51. The number of imide groups is 1. The van der Waals surface area contributed by atoms with E-state index in [2.05, 4.69) is 15.6 Å². The molecule has 2 aromatic rings. The molecule has 1 aliphatic rings. The van der Waals surface area contributed by atoms with Crippen LogP contribution in [0.3, 0.4) is 0 Å². The number of carbonyl (C=O) groups is 3. The number of urea groups is 1. The van der Waals surface area contributed by atoms with E-state index in [1.165, 1.54) is 37.4 Å². The lowest BCUT2D eigenvalue weighted by molar-refractivity contribution is -0.133. The van der Waals surface area contributed by atoms with Crippen molar-refractivity contribution in [2.75, 3.05) is 11.9 Å². The molecule has 1 saturated heterocycles. The Bertz CT molecular complexity index is 826. The third-order valence-electron chi connectivity index (χ3n) is 3.93. The normalized spacial score (nSPS) is 19.7. The Morgan fingerprint density at radius 3 is 2.60 bits per heavy atom. The van der Waals surface area contributed by atoms with Gasteiger partial charge < -0.3 is 10.6 Å². The lowest BCUT2D eigenvalue weighted by atomic mass is 9.92. The summed E-state index contributed by atoms with van der Waals surface area (Å²) < 4.78 is 13.1. The lowest BCUT2D eigenvalue weighted by Crippen LogP contribution is -2.42. The van der Waals surface area contributed by atoms with Crippen molar-refractivity contribution in [2.45, 2.75) is 12.5 Å². The molecular weight excluding hydrogens is 327 g/mol. The van der Waals surface area contributed by atoms with E-state index in [0.29, 0.717) is 11.4 Å². The third kappa shape index (κ3) is 3.18. The van der Waals surface area contributed by atoms with E-state index < -0.39 is 35.7 Å². The van der Waals surface area contributed by atoms with Gasteiger partial charge in [-0.25, -0.2) is 14.2 Å². The van der Waals surface area contributed by atoms with Crippen molar-refractivity contribution in [3.63, 3.8) is 0 Å². The molecule has 1 atom stereocenters. The fraction of sp³-hybridized carbons (Fsp3) is 0.176. The highest BCUT2D eigenvalue weighted by molar-refractivity contribution is 6.10. The van der Waals surface area contributed by atoms with Crippen LogP contribution in [0, 0.1) is 5.82 Å². The summed E-state index contributed by atoms with van der Waals surface area (Å²) in [5.41, 5.74) is -0.921. The third-order valence-corrected chi connectivity index (χ3v) is 3.93. The summed E-state index contributed by atoms with van der Waals surface area (Å²) in [7, 11) is 0. The molecule has 1 aliphatic heterocycles. The summed E-state index contributed by atoms with van der Waals surface area (Å²) in [5.74, 6) is -1.26. The Morgan fingerprint density at radius 1 is 1.24 bits per heavy atom. The van der Waals surface area contributed by atoms with Gasteiger partial charge in [0.1, 0.15) is 23.7 Å². The molecule has 4 amide bonds. The first kappa shape index (κ1) is 16.6. The van der Waals surface area contributed by atoms with Gasteiger partial charge in [-0.3, -0.25) is 14.5 Å². The fourth-order valence-corrected chi connectivity index (χ4v) is 2.58. The van der Waals surface area contributed by atoms with E-state index in [9.17, 15) is 18.8 Å². The molecule has 128 valence electrons. The highest BCUT2D eigenvalue weighted by Crippen LogP contribution is 2.28. The van der Waals surface area contributed by atoms with Gasteiger partial charge >= 0.3 is 6.03 Å². The molecule has 0 unspecified atom stereocenters. The van der Waals surface area contributed by atoms with Crippen molar-refractivity contribution in [3.05, 3.63) is 60.0 Å². The van der Waals surface area contributed by atoms with Gasteiger partial charge in [0.05, 0.1) is 0 Å². The van der Waals surface area contributed by atoms with E-state index in [0.717, 1.165) is 4.90 Å². The van der Waals surface area contributed by atoms with Crippen molar-refractivity contribution in [1.29, 1.82) is 0 Å². The average Bonchev–Trinajstić information content (AvgIpc) is 2.80. The number of anilines is 1. The highest BCUT2D eigenvalue weighted by Gasteiger charge is 2.49. The Balaban J connectivity index is 1.75. The van der Waals surface area contributed by atoms with Crippen LogP contribution in [0.25, 0.3) is 0 Å². The maximum atomic E-state index is 13.1. The second kappa shape index (κ2) is 6.31. The smallest absolute Gasteiger partial charge is 0.319 e. The quantitative estimate of drug-likeness (QED) is 0.826. The fourth-order valence-electron chi connectivity index (χ4n) is 2.58. The van der Waals surface area contributed by atoms with Crippen molar-refractivity contribution >= 4 is 23.7 Å². The van der Waals surface area contributed by atoms with Gasteiger partial charge in [0, 0.05) is 6.20 Å². The Labute approximate surface area is 142 Å². The molecule has 25 heavy (non-hydrogen) atoms. The summed E-state index contributed by atoms with van der Waals surface area (Å²) in [4.78, 5) is 41.7. The molecule has 1 aromatic carbocycles. The minimum atomic E-state index is -1.35. The van der Waals surface area contributed by atoms with Gasteiger partial charge in [-0.15, -0.1) is 0 Å². The van der Waals surface area contributed by atoms with E-state index in [1.54, 1.807) is 18.2 Å².